The minimum absolute atomic E-state index is 0.146. The van der Waals surface area contributed by atoms with Gasteiger partial charge in [-0.25, -0.2) is 13.1 Å². The predicted molar refractivity (Wildman–Crippen MR) is 114 cm³/mol. The summed E-state index contributed by atoms with van der Waals surface area (Å²) in [6, 6.07) is 17.1. The number of carbonyl (C=O) groups excluding carboxylic acids is 1. The summed E-state index contributed by atoms with van der Waals surface area (Å²) >= 11 is 0. The van der Waals surface area contributed by atoms with Gasteiger partial charge < -0.3 is 10.3 Å². The smallest absolute Gasteiger partial charge is 0.240 e. The number of hydrogen-bond acceptors (Lipinski definition) is 3. The van der Waals surface area contributed by atoms with Crippen molar-refractivity contribution in [1.82, 2.24) is 9.29 Å². The zero-order valence-electron chi connectivity index (χ0n) is 16.3. The Hall–Kier alpha value is -2.64. The van der Waals surface area contributed by atoms with Gasteiger partial charge in [-0.15, -0.1) is 0 Å². The molecule has 1 amide bonds. The van der Waals surface area contributed by atoms with E-state index in [0.717, 1.165) is 22.2 Å². The third-order valence-corrected chi connectivity index (χ3v) is 7.36. The largest absolute Gasteiger partial charge is 0.369 e. The van der Waals surface area contributed by atoms with Crippen LogP contribution < -0.4 is 10.5 Å². The quantitative estimate of drug-likeness (QED) is 0.675. The molecule has 152 valence electrons. The minimum atomic E-state index is -3.63. The molecule has 0 saturated heterocycles. The molecule has 1 saturated carbocycles. The summed E-state index contributed by atoms with van der Waals surface area (Å²) in [6.45, 7) is 0. The Labute approximate surface area is 170 Å². The molecule has 1 aliphatic carbocycles. The van der Waals surface area contributed by atoms with Gasteiger partial charge in [-0.3, -0.25) is 4.79 Å². The summed E-state index contributed by atoms with van der Waals surface area (Å²) in [4.78, 5) is 11.6. The third kappa shape index (κ3) is 3.93. The molecule has 3 aromatic rings. The standard InChI is InChI=1S/C22H25N3O3S/c1-25-20-12-11-19(13-17(20)14-21(25)15-5-3-2-4-6-15)29(27,28)24-18-9-7-16(8-10-18)22(23)26/h2-6,11-14,16,18,24H,7-10H2,1H3,(H2,23,26). The van der Waals surface area contributed by atoms with E-state index >= 15 is 0 Å². The summed E-state index contributed by atoms with van der Waals surface area (Å²) in [5.74, 6) is -0.442. The van der Waals surface area contributed by atoms with E-state index in [1.54, 1.807) is 12.1 Å². The topological polar surface area (TPSA) is 94.2 Å². The van der Waals surface area contributed by atoms with Gasteiger partial charge in [0, 0.05) is 35.6 Å². The molecule has 1 aliphatic rings. The maximum absolute atomic E-state index is 12.9. The average Bonchev–Trinajstić information content (AvgIpc) is 3.05. The van der Waals surface area contributed by atoms with Crippen LogP contribution in [0.4, 0.5) is 0 Å². The van der Waals surface area contributed by atoms with Crippen LogP contribution in [-0.4, -0.2) is 24.9 Å². The molecular formula is C22H25N3O3S. The third-order valence-electron chi connectivity index (χ3n) is 5.85. The predicted octanol–water partition coefficient (Wildman–Crippen LogP) is 3.17. The molecule has 6 nitrogen and oxygen atoms in total. The Morgan fingerprint density at radius 3 is 2.38 bits per heavy atom. The number of rotatable bonds is 5. The molecule has 0 bridgehead atoms. The second kappa shape index (κ2) is 7.65. The van der Waals surface area contributed by atoms with Gasteiger partial charge in [0.2, 0.25) is 15.9 Å². The van der Waals surface area contributed by atoms with Crippen LogP contribution in [0.2, 0.25) is 0 Å². The van der Waals surface area contributed by atoms with Gasteiger partial charge in [0.15, 0.2) is 0 Å². The van der Waals surface area contributed by atoms with Crippen LogP contribution in [0.3, 0.4) is 0 Å². The summed E-state index contributed by atoms with van der Waals surface area (Å²) < 4.78 is 30.7. The number of amides is 1. The maximum atomic E-state index is 12.9. The van der Waals surface area contributed by atoms with Gasteiger partial charge >= 0.3 is 0 Å². The van der Waals surface area contributed by atoms with E-state index in [-0.39, 0.29) is 22.8 Å². The number of primary amides is 1. The molecule has 4 rings (SSSR count). The van der Waals surface area contributed by atoms with Gasteiger partial charge in [-0.2, -0.15) is 0 Å². The summed E-state index contributed by atoms with van der Waals surface area (Å²) in [5, 5.41) is 0.881. The van der Waals surface area contributed by atoms with Gasteiger partial charge in [0.25, 0.3) is 0 Å². The highest BCUT2D eigenvalue weighted by atomic mass is 32.2. The lowest BCUT2D eigenvalue weighted by Crippen LogP contribution is -2.39. The molecule has 1 fully saturated rings. The second-order valence-corrected chi connectivity index (χ2v) is 9.46. The minimum Gasteiger partial charge on any atom is -0.369 e. The van der Waals surface area contributed by atoms with E-state index in [9.17, 15) is 13.2 Å². The molecule has 7 heteroatoms. The first-order valence-corrected chi connectivity index (χ1v) is 11.3. The van der Waals surface area contributed by atoms with E-state index in [2.05, 4.69) is 9.29 Å². The van der Waals surface area contributed by atoms with Crippen LogP contribution in [-0.2, 0) is 21.9 Å². The molecule has 0 atom stereocenters. The normalized spacial score (nSPS) is 20.0. The molecule has 2 aromatic carbocycles. The van der Waals surface area contributed by atoms with Gasteiger partial charge in [0.05, 0.1) is 4.90 Å². The number of fused-ring (bicyclic) bond motifs is 1. The van der Waals surface area contributed by atoms with Crippen LogP contribution >= 0.6 is 0 Å². The molecule has 0 spiro atoms. The van der Waals surface area contributed by atoms with Crippen molar-refractivity contribution in [2.45, 2.75) is 36.6 Å². The van der Waals surface area contributed by atoms with E-state index in [0.29, 0.717) is 25.7 Å². The highest BCUT2D eigenvalue weighted by Crippen LogP contribution is 2.30. The van der Waals surface area contributed by atoms with Crippen LogP contribution in [0.5, 0.6) is 0 Å². The summed E-state index contributed by atoms with van der Waals surface area (Å²) in [7, 11) is -1.65. The zero-order valence-corrected chi connectivity index (χ0v) is 17.2. The Bertz CT molecular complexity index is 1140. The fraction of sp³-hybridized carbons (Fsp3) is 0.318. The number of nitrogens with two attached hydrogens (primary N) is 1. The number of carbonyl (C=O) groups is 1. The van der Waals surface area contributed by atoms with Crippen molar-refractivity contribution in [1.29, 1.82) is 0 Å². The zero-order chi connectivity index (χ0) is 20.6. The number of aromatic nitrogens is 1. The Morgan fingerprint density at radius 2 is 1.72 bits per heavy atom. The number of hydrogen-bond donors (Lipinski definition) is 2. The van der Waals surface area contributed by atoms with Crippen molar-refractivity contribution < 1.29 is 13.2 Å². The first-order valence-electron chi connectivity index (χ1n) is 9.82. The molecule has 1 aromatic heterocycles. The second-order valence-electron chi connectivity index (χ2n) is 7.75. The molecule has 3 N–H and O–H groups in total. The fourth-order valence-electron chi connectivity index (χ4n) is 4.16. The lowest BCUT2D eigenvalue weighted by molar-refractivity contribution is -0.122. The average molecular weight is 412 g/mol. The van der Waals surface area contributed by atoms with Crippen LogP contribution in [0.25, 0.3) is 22.2 Å². The molecular weight excluding hydrogens is 386 g/mol. The highest BCUT2D eigenvalue weighted by molar-refractivity contribution is 7.89. The molecule has 0 unspecified atom stereocenters. The van der Waals surface area contributed by atoms with Crippen molar-refractivity contribution in [3.63, 3.8) is 0 Å². The number of sulfonamides is 1. The van der Waals surface area contributed by atoms with Crippen LogP contribution in [0.15, 0.2) is 59.5 Å². The Balaban J connectivity index is 1.58. The number of aryl methyl sites for hydroxylation is 1. The number of nitrogens with zero attached hydrogens (tertiary/aromatic N) is 1. The number of nitrogens with one attached hydrogen (secondary N) is 1. The maximum Gasteiger partial charge on any atom is 0.240 e. The first-order chi connectivity index (χ1) is 13.8. The van der Waals surface area contributed by atoms with Crippen LogP contribution in [0.1, 0.15) is 25.7 Å². The fourth-order valence-corrected chi connectivity index (χ4v) is 5.50. The first kappa shape index (κ1) is 19.7. The Kier molecular flexibility index (Phi) is 5.19. The van der Waals surface area contributed by atoms with Gasteiger partial charge in [0.1, 0.15) is 0 Å². The lowest BCUT2D eigenvalue weighted by atomic mass is 9.86. The highest BCUT2D eigenvalue weighted by Gasteiger charge is 2.28. The molecule has 0 aliphatic heterocycles. The van der Waals surface area contributed by atoms with E-state index in [1.807, 2.05) is 49.5 Å². The lowest BCUT2D eigenvalue weighted by Gasteiger charge is -2.27. The van der Waals surface area contributed by atoms with Crippen molar-refractivity contribution in [3.8, 4) is 11.3 Å². The van der Waals surface area contributed by atoms with E-state index < -0.39 is 10.0 Å². The van der Waals surface area contributed by atoms with Gasteiger partial charge in [-0.05, 0) is 55.5 Å². The molecule has 29 heavy (non-hydrogen) atoms. The van der Waals surface area contributed by atoms with Crippen molar-refractivity contribution >= 4 is 26.8 Å². The molecule has 1 heterocycles. The SMILES string of the molecule is Cn1c(-c2ccccc2)cc2cc(S(=O)(=O)NC3CCC(C(N)=O)CC3)ccc21. The van der Waals surface area contributed by atoms with Crippen LogP contribution in [0, 0.1) is 5.92 Å². The Morgan fingerprint density at radius 1 is 1.03 bits per heavy atom. The van der Waals surface area contributed by atoms with E-state index in [4.69, 9.17) is 5.73 Å². The number of benzene rings is 2. The van der Waals surface area contributed by atoms with Gasteiger partial charge in [-0.1, -0.05) is 30.3 Å². The van der Waals surface area contributed by atoms with E-state index in [1.165, 1.54) is 0 Å². The monoisotopic (exact) mass is 411 g/mol. The van der Waals surface area contributed by atoms with Crippen molar-refractivity contribution in [3.05, 3.63) is 54.6 Å². The van der Waals surface area contributed by atoms with Crippen molar-refractivity contribution in [2.75, 3.05) is 0 Å². The molecule has 0 radical (unpaired) electrons. The van der Waals surface area contributed by atoms with Crippen molar-refractivity contribution in [2.24, 2.45) is 18.7 Å². The summed E-state index contributed by atoms with van der Waals surface area (Å²) in [5.41, 5.74) is 8.46. The summed E-state index contributed by atoms with van der Waals surface area (Å²) in [6.07, 6.45) is 2.50.